The molecular formula is C22H41NO2S. The first-order chi connectivity index (χ1) is 12.6. The fraction of sp³-hybridized carbons (Fsp3) is 0.727. The van der Waals surface area contributed by atoms with Gasteiger partial charge in [-0.05, 0) is 30.7 Å². The third kappa shape index (κ3) is 11.1. The third-order valence-electron chi connectivity index (χ3n) is 5.04. The van der Waals surface area contributed by atoms with Crippen LogP contribution in [0, 0.1) is 0 Å². The summed E-state index contributed by atoms with van der Waals surface area (Å²) < 4.78 is 20.5. The number of hydrogen-bond acceptors (Lipinski definition) is 3. The van der Waals surface area contributed by atoms with Crippen LogP contribution in [0.4, 0.5) is 5.69 Å². The third-order valence-corrected chi connectivity index (χ3v) is 6.93. The molecule has 0 aliphatic heterocycles. The zero-order valence-electron chi connectivity index (χ0n) is 16.8. The molecule has 0 heterocycles. The molecular weight excluding hydrogens is 342 g/mol. The number of hydrogen-bond donors (Lipinski definition) is 3. The quantitative estimate of drug-likeness (QED) is 0.201. The minimum Gasteiger partial charge on any atom is -0.399 e. The van der Waals surface area contributed by atoms with E-state index in [4.69, 9.17) is 5.73 Å². The van der Waals surface area contributed by atoms with Gasteiger partial charge in [-0.1, -0.05) is 90.4 Å². The largest absolute Gasteiger partial charge is 0.399 e. The fourth-order valence-electron chi connectivity index (χ4n) is 3.30. The lowest BCUT2D eigenvalue weighted by Gasteiger charge is -2.32. The first-order valence-electron chi connectivity index (χ1n) is 10.7. The molecule has 0 bridgehead atoms. The second kappa shape index (κ2) is 14.4. The second-order valence-corrected chi connectivity index (χ2v) is 9.75. The molecule has 0 aromatic heterocycles. The second-order valence-electron chi connectivity index (χ2n) is 7.54. The smallest absolute Gasteiger partial charge is 0.0585 e. The zero-order valence-corrected chi connectivity index (χ0v) is 17.6. The molecule has 1 aromatic rings. The summed E-state index contributed by atoms with van der Waals surface area (Å²) >= 11 is 0. The van der Waals surface area contributed by atoms with Crippen LogP contribution in [0.5, 0.6) is 0 Å². The Morgan fingerprint density at radius 2 is 1.04 bits per heavy atom. The molecule has 1 aromatic carbocycles. The average molecular weight is 384 g/mol. The highest BCUT2D eigenvalue weighted by Crippen LogP contribution is 2.48. The molecule has 0 fully saturated rings. The van der Waals surface area contributed by atoms with Crippen molar-refractivity contribution in [2.75, 3.05) is 11.5 Å². The first kappa shape index (κ1) is 23.3. The fourth-order valence-corrected chi connectivity index (χ4v) is 4.72. The maximum absolute atomic E-state index is 10.3. The number of benzene rings is 1. The van der Waals surface area contributed by atoms with Crippen LogP contribution in [0.25, 0.3) is 0 Å². The Labute approximate surface area is 163 Å². The van der Waals surface area contributed by atoms with Crippen LogP contribution in [0.2, 0.25) is 0 Å². The van der Waals surface area contributed by atoms with Crippen LogP contribution in [-0.2, 0) is 0 Å². The van der Waals surface area contributed by atoms with Gasteiger partial charge < -0.3 is 5.73 Å². The van der Waals surface area contributed by atoms with Gasteiger partial charge in [0.05, 0.1) is 4.90 Å². The Balaban J connectivity index is 1.92. The predicted octanol–water partition coefficient (Wildman–Crippen LogP) is 7.86. The summed E-state index contributed by atoms with van der Waals surface area (Å²) in [5, 5.41) is 0. The van der Waals surface area contributed by atoms with Gasteiger partial charge in [-0.25, -0.2) is 0 Å². The Kier molecular flexibility index (Phi) is 12.9. The standard InChI is InChI=1S/C22H41NO2S/c1-2-3-4-5-6-7-8-9-10-11-12-13-14-15-20-26(24,25)22-18-16-21(23)17-19-22/h16-19,24-25H,2-15,20,23H2,1H3. The highest BCUT2D eigenvalue weighted by atomic mass is 32.3. The van der Waals surface area contributed by atoms with E-state index < -0.39 is 10.6 Å². The van der Waals surface area contributed by atoms with E-state index in [1.165, 1.54) is 77.0 Å². The molecule has 0 aliphatic rings. The molecule has 0 spiro atoms. The Hall–Kier alpha value is -0.710. The van der Waals surface area contributed by atoms with Gasteiger partial charge in [-0.3, -0.25) is 9.11 Å². The summed E-state index contributed by atoms with van der Waals surface area (Å²) in [6.07, 6.45) is 18.3. The van der Waals surface area contributed by atoms with Crippen LogP contribution >= 0.6 is 10.6 Å². The summed E-state index contributed by atoms with van der Waals surface area (Å²) in [4.78, 5) is 0.612. The minimum absolute atomic E-state index is 0.467. The van der Waals surface area contributed by atoms with Crippen LogP contribution < -0.4 is 5.73 Å². The Morgan fingerprint density at radius 3 is 1.46 bits per heavy atom. The molecule has 0 saturated carbocycles. The molecule has 4 N–H and O–H groups in total. The van der Waals surface area contributed by atoms with Crippen LogP contribution in [0.15, 0.2) is 29.2 Å². The SMILES string of the molecule is CCCCCCCCCCCCCCCCS(O)(O)c1ccc(N)cc1. The topological polar surface area (TPSA) is 66.5 Å². The summed E-state index contributed by atoms with van der Waals surface area (Å²) in [7, 11) is -2.65. The number of anilines is 1. The van der Waals surface area contributed by atoms with Gasteiger partial charge in [-0.15, -0.1) is 0 Å². The number of nitrogen functional groups attached to an aromatic ring is 1. The first-order valence-corrected chi connectivity index (χ1v) is 12.4. The van der Waals surface area contributed by atoms with E-state index in [1.54, 1.807) is 24.3 Å². The predicted molar refractivity (Wildman–Crippen MR) is 117 cm³/mol. The Bertz CT molecular complexity index is 448. The van der Waals surface area contributed by atoms with Gasteiger partial charge >= 0.3 is 0 Å². The molecule has 0 aliphatic carbocycles. The maximum Gasteiger partial charge on any atom is 0.0585 e. The van der Waals surface area contributed by atoms with Crippen molar-refractivity contribution in [3.05, 3.63) is 24.3 Å². The van der Waals surface area contributed by atoms with Crippen LogP contribution in [0.3, 0.4) is 0 Å². The van der Waals surface area contributed by atoms with E-state index in [2.05, 4.69) is 6.92 Å². The van der Waals surface area contributed by atoms with E-state index >= 15 is 0 Å². The van der Waals surface area contributed by atoms with E-state index in [-0.39, 0.29) is 0 Å². The van der Waals surface area contributed by atoms with Crippen LogP contribution in [-0.4, -0.2) is 14.9 Å². The van der Waals surface area contributed by atoms with Gasteiger partial charge in [0.25, 0.3) is 0 Å². The molecule has 1 rings (SSSR count). The normalized spacial score (nSPS) is 12.4. The van der Waals surface area contributed by atoms with Gasteiger partial charge in [0.2, 0.25) is 0 Å². The van der Waals surface area contributed by atoms with Crippen molar-refractivity contribution in [3.63, 3.8) is 0 Å². The molecule has 0 unspecified atom stereocenters. The highest BCUT2D eigenvalue weighted by Gasteiger charge is 2.14. The lowest BCUT2D eigenvalue weighted by atomic mass is 10.0. The molecule has 3 nitrogen and oxygen atoms in total. The number of unbranched alkanes of at least 4 members (excludes halogenated alkanes) is 13. The van der Waals surface area contributed by atoms with E-state index in [9.17, 15) is 9.11 Å². The molecule has 0 radical (unpaired) electrons. The number of rotatable bonds is 16. The lowest BCUT2D eigenvalue weighted by Crippen LogP contribution is -2.04. The van der Waals surface area contributed by atoms with E-state index in [0.717, 1.165) is 12.8 Å². The van der Waals surface area contributed by atoms with Crippen molar-refractivity contribution >= 4 is 16.3 Å². The van der Waals surface area contributed by atoms with Crippen molar-refractivity contribution in [2.45, 2.75) is 102 Å². The molecule has 26 heavy (non-hydrogen) atoms. The van der Waals surface area contributed by atoms with Crippen molar-refractivity contribution < 1.29 is 9.11 Å². The van der Waals surface area contributed by atoms with E-state index in [1.807, 2.05) is 0 Å². The molecule has 0 saturated heterocycles. The summed E-state index contributed by atoms with van der Waals surface area (Å²) in [5.74, 6) is 0.467. The molecule has 152 valence electrons. The Morgan fingerprint density at radius 1 is 0.654 bits per heavy atom. The van der Waals surface area contributed by atoms with Crippen molar-refractivity contribution in [2.24, 2.45) is 0 Å². The van der Waals surface area contributed by atoms with Gasteiger partial charge in [0, 0.05) is 11.4 Å². The van der Waals surface area contributed by atoms with Crippen molar-refractivity contribution in [1.29, 1.82) is 0 Å². The van der Waals surface area contributed by atoms with Crippen molar-refractivity contribution in [1.82, 2.24) is 0 Å². The molecule has 0 atom stereocenters. The average Bonchev–Trinajstić information content (AvgIpc) is 2.62. The summed E-state index contributed by atoms with van der Waals surface area (Å²) in [5.41, 5.74) is 6.30. The minimum atomic E-state index is -2.65. The summed E-state index contributed by atoms with van der Waals surface area (Å²) in [6, 6.07) is 6.92. The summed E-state index contributed by atoms with van der Waals surface area (Å²) in [6.45, 7) is 2.27. The monoisotopic (exact) mass is 383 g/mol. The molecule has 4 heteroatoms. The maximum atomic E-state index is 10.3. The van der Waals surface area contributed by atoms with Gasteiger partial charge in [0.15, 0.2) is 0 Å². The number of nitrogens with two attached hydrogens (primary N) is 1. The van der Waals surface area contributed by atoms with Gasteiger partial charge in [0.1, 0.15) is 0 Å². The lowest BCUT2D eigenvalue weighted by molar-refractivity contribution is 0.481. The van der Waals surface area contributed by atoms with Crippen LogP contribution in [0.1, 0.15) is 96.8 Å². The van der Waals surface area contributed by atoms with Gasteiger partial charge in [-0.2, -0.15) is 10.6 Å². The van der Waals surface area contributed by atoms with Crippen molar-refractivity contribution in [3.8, 4) is 0 Å². The highest BCUT2D eigenvalue weighted by molar-refractivity contribution is 8.24. The zero-order chi connectivity index (χ0) is 19.1. The molecule has 0 amide bonds. The van der Waals surface area contributed by atoms with E-state index in [0.29, 0.717) is 16.3 Å².